The highest BCUT2D eigenvalue weighted by atomic mass is 16.4. The molecule has 1 atom stereocenters. The number of para-hydroxylation sites is 1. The molecule has 2 aromatic carbocycles. The monoisotopic (exact) mass is 375 g/mol. The molecular weight excluding hydrogens is 358 g/mol. The molecule has 0 aliphatic heterocycles. The SMILES string of the molecule is O=C(O)C(Cc1ccc(O)cc1)Nc1ncnc2c1cnn2-c1ccccc1. The first-order chi connectivity index (χ1) is 13.6. The Bertz CT molecular complexity index is 1110. The fourth-order valence-corrected chi connectivity index (χ4v) is 2.95. The number of phenolic OH excluding ortho intramolecular Hbond substituents is 1. The molecule has 28 heavy (non-hydrogen) atoms. The van der Waals surface area contributed by atoms with Gasteiger partial charge in [0.2, 0.25) is 0 Å². The Morgan fingerprint density at radius 1 is 1.07 bits per heavy atom. The lowest BCUT2D eigenvalue weighted by Gasteiger charge is -2.15. The van der Waals surface area contributed by atoms with Gasteiger partial charge in [0.25, 0.3) is 0 Å². The maximum absolute atomic E-state index is 11.8. The number of carboxylic acids is 1. The first kappa shape index (κ1) is 17.5. The Labute approximate surface area is 160 Å². The number of nitrogens with one attached hydrogen (secondary N) is 1. The van der Waals surface area contributed by atoms with Crippen molar-refractivity contribution in [3.63, 3.8) is 0 Å². The Balaban J connectivity index is 1.65. The minimum atomic E-state index is -1.00. The van der Waals surface area contributed by atoms with Crippen LogP contribution >= 0.6 is 0 Å². The van der Waals surface area contributed by atoms with Crippen LogP contribution in [0.2, 0.25) is 0 Å². The van der Waals surface area contributed by atoms with Crippen LogP contribution in [0.5, 0.6) is 5.75 Å². The summed E-state index contributed by atoms with van der Waals surface area (Å²) >= 11 is 0. The third-order valence-electron chi connectivity index (χ3n) is 4.35. The largest absolute Gasteiger partial charge is 0.508 e. The van der Waals surface area contributed by atoms with E-state index in [2.05, 4.69) is 20.4 Å². The first-order valence-electron chi connectivity index (χ1n) is 8.63. The number of carbonyl (C=O) groups is 1. The summed E-state index contributed by atoms with van der Waals surface area (Å²) in [5, 5.41) is 27.0. The van der Waals surface area contributed by atoms with Crippen LogP contribution in [0.1, 0.15) is 5.56 Å². The van der Waals surface area contributed by atoms with E-state index < -0.39 is 12.0 Å². The van der Waals surface area contributed by atoms with Gasteiger partial charge in [0, 0.05) is 6.42 Å². The summed E-state index contributed by atoms with van der Waals surface area (Å²) in [7, 11) is 0. The van der Waals surface area contributed by atoms with Crippen LogP contribution < -0.4 is 5.32 Å². The Morgan fingerprint density at radius 3 is 2.54 bits per heavy atom. The number of hydrogen-bond acceptors (Lipinski definition) is 6. The second kappa shape index (κ2) is 7.36. The van der Waals surface area contributed by atoms with Crippen molar-refractivity contribution in [3.8, 4) is 11.4 Å². The number of phenols is 1. The molecule has 0 spiro atoms. The molecule has 0 fully saturated rings. The van der Waals surface area contributed by atoms with Gasteiger partial charge in [-0.15, -0.1) is 0 Å². The molecule has 140 valence electrons. The third-order valence-corrected chi connectivity index (χ3v) is 4.35. The van der Waals surface area contributed by atoms with Crippen molar-refractivity contribution < 1.29 is 15.0 Å². The highest BCUT2D eigenvalue weighted by Gasteiger charge is 2.21. The topological polar surface area (TPSA) is 113 Å². The predicted octanol–water partition coefficient (Wildman–Crippen LogP) is 2.63. The maximum atomic E-state index is 11.8. The van der Waals surface area contributed by atoms with Gasteiger partial charge < -0.3 is 15.5 Å². The minimum Gasteiger partial charge on any atom is -0.508 e. The predicted molar refractivity (Wildman–Crippen MR) is 104 cm³/mol. The molecule has 0 radical (unpaired) electrons. The van der Waals surface area contributed by atoms with E-state index in [9.17, 15) is 15.0 Å². The van der Waals surface area contributed by atoms with Crippen molar-refractivity contribution in [2.75, 3.05) is 5.32 Å². The molecule has 4 rings (SSSR count). The van der Waals surface area contributed by atoms with Gasteiger partial charge in [-0.2, -0.15) is 5.10 Å². The van der Waals surface area contributed by atoms with E-state index in [4.69, 9.17) is 0 Å². The summed E-state index contributed by atoms with van der Waals surface area (Å²) in [5.41, 5.74) is 2.21. The van der Waals surface area contributed by atoms with Gasteiger partial charge in [-0.3, -0.25) is 0 Å². The molecule has 1 unspecified atom stereocenters. The molecule has 3 N–H and O–H groups in total. The number of fused-ring (bicyclic) bond motifs is 1. The van der Waals surface area contributed by atoms with E-state index in [1.165, 1.54) is 18.5 Å². The lowest BCUT2D eigenvalue weighted by Crippen LogP contribution is -2.32. The number of benzene rings is 2. The molecule has 0 aliphatic rings. The van der Waals surface area contributed by atoms with Crippen molar-refractivity contribution in [3.05, 3.63) is 72.7 Å². The lowest BCUT2D eigenvalue weighted by molar-refractivity contribution is -0.137. The molecule has 2 heterocycles. The van der Waals surface area contributed by atoms with Crippen LogP contribution in [-0.4, -0.2) is 42.0 Å². The quantitative estimate of drug-likeness (QED) is 0.475. The highest BCUT2D eigenvalue weighted by molar-refractivity contribution is 5.89. The van der Waals surface area contributed by atoms with E-state index in [1.807, 2.05) is 30.3 Å². The number of hydrogen-bond donors (Lipinski definition) is 3. The standard InChI is InChI=1S/C20H17N5O3/c26-15-8-6-13(7-9-15)10-17(20(27)28)24-18-16-11-23-25(19(16)22-12-21-18)14-4-2-1-3-5-14/h1-9,11-12,17,26H,10H2,(H,27,28)(H,21,22,24). The second-order valence-corrected chi connectivity index (χ2v) is 6.26. The second-order valence-electron chi connectivity index (χ2n) is 6.26. The van der Waals surface area contributed by atoms with Crippen LogP contribution in [0.15, 0.2) is 67.1 Å². The van der Waals surface area contributed by atoms with Crippen LogP contribution in [0.4, 0.5) is 5.82 Å². The zero-order valence-electron chi connectivity index (χ0n) is 14.7. The molecule has 2 aromatic heterocycles. The summed E-state index contributed by atoms with van der Waals surface area (Å²) in [6, 6.07) is 15.1. The molecular formula is C20H17N5O3. The van der Waals surface area contributed by atoms with E-state index in [-0.39, 0.29) is 12.2 Å². The van der Waals surface area contributed by atoms with Gasteiger partial charge in [-0.1, -0.05) is 30.3 Å². The van der Waals surface area contributed by atoms with Gasteiger partial charge in [0.05, 0.1) is 17.3 Å². The molecule has 0 saturated heterocycles. The number of aromatic nitrogens is 4. The molecule has 0 aliphatic carbocycles. The average molecular weight is 375 g/mol. The van der Waals surface area contributed by atoms with Crippen molar-refractivity contribution in [1.29, 1.82) is 0 Å². The first-order valence-corrected chi connectivity index (χ1v) is 8.63. The highest BCUT2D eigenvalue weighted by Crippen LogP contribution is 2.23. The zero-order valence-corrected chi connectivity index (χ0v) is 14.7. The van der Waals surface area contributed by atoms with Crippen LogP contribution in [0.3, 0.4) is 0 Å². The third kappa shape index (κ3) is 3.48. The van der Waals surface area contributed by atoms with Crippen molar-refractivity contribution >= 4 is 22.8 Å². The normalized spacial score (nSPS) is 12.0. The summed E-state index contributed by atoms with van der Waals surface area (Å²) in [4.78, 5) is 20.3. The fourth-order valence-electron chi connectivity index (χ4n) is 2.95. The number of carboxylic acid groups (broad SMARTS) is 1. The van der Waals surface area contributed by atoms with E-state index >= 15 is 0 Å². The average Bonchev–Trinajstić information content (AvgIpc) is 3.15. The van der Waals surface area contributed by atoms with Gasteiger partial charge >= 0.3 is 5.97 Å². The molecule has 0 amide bonds. The summed E-state index contributed by atoms with van der Waals surface area (Å²) in [6.07, 6.45) is 3.23. The number of anilines is 1. The number of aliphatic carboxylic acids is 1. The smallest absolute Gasteiger partial charge is 0.326 e. The molecule has 0 saturated carbocycles. The van der Waals surface area contributed by atoms with E-state index in [0.29, 0.717) is 16.9 Å². The number of aromatic hydroxyl groups is 1. The number of rotatable bonds is 6. The van der Waals surface area contributed by atoms with Gasteiger partial charge in [0.15, 0.2) is 5.65 Å². The van der Waals surface area contributed by atoms with Crippen LogP contribution in [0, 0.1) is 0 Å². The van der Waals surface area contributed by atoms with Crippen molar-refractivity contribution in [2.24, 2.45) is 0 Å². The Morgan fingerprint density at radius 2 is 1.82 bits per heavy atom. The Kier molecular flexibility index (Phi) is 4.59. The van der Waals surface area contributed by atoms with E-state index in [0.717, 1.165) is 11.3 Å². The maximum Gasteiger partial charge on any atom is 0.326 e. The summed E-state index contributed by atoms with van der Waals surface area (Å²) in [6.45, 7) is 0. The van der Waals surface area contributed by atoms with Crippen LogP contribution in [-0.2, 0) is 11.2 Å². The van der Waals surface area contributed by atoms with Crippen molar-refractivity contribution in [2.45, 2.75) is 12.5 Å². The van der Waals surface area contributed by atoms with E-state index in [1.54, 1.807) is 23.0 Å². The van der Waals surface area contributed by atoms with Crippen molar-refractivity contribution in [1.82, 2.24) is 19.7 Å². The minimum absolute atomic E-state index is 0.134. The molecule has 8 heteroatoms. The molecule has 0 bridgehead atoms. The summed E-state index contributed by atoms with van der Waals surface area (Å²) in [5.74, 6) is -0.469. The van der Waals surface area contributed by atoms with Gasteiger partial charge in [-0.25, -0.2) is 19.4 Å². The zero-order chi connectivity index (χ0) is 19.5. The van der Waals surface area contributed by atoms with Gasteiger partial charge in [0.1, 0.15) is 23.9 Å². The van der Waals surface area contributed by atoms with Crippen LogP contribution in [0.25, 0.3) is 16.7 Å². The number of nitrogens with zero attached hydrogens (tertiary/aromatic N) is 4. The molecule has 4 aromatic rings. The molecule has 8 nitrogen and oxygen atoms in total. The summed E-state index contributed by atoms with van der Waals surface area (Å²) < 4.78 is 1.68. The van der Waals surface area contributed by atoms with Gasteiger partial charge in [-0.05, 0) is 29.8 Å². The lowest BCUT2D eigenvalue weighted by atomic mass is 10.1. The Hall–Kier alpha value is -3.94. The fraction of sp³-hybridized carbons (Fsp3) is 0.100.